The number of esters is 1. The van der Waals surface area contributed by atoms with Crippen molar-refractivity contribution in [2.45, 2.75) is 26.9 Å². The Hall–Kier alpha value is -3.02. The van der Waals surface area contributed by atoms with Gasteiger partial charge in [-0.25, -0.2) is 4.79 Å². The number of fused-ring (bicyclic) bond motifs is 1. The summed E-state index contributed by atoms with van der Waals surface area (Å²) in [5.74, 6) is 0.261. The predicted molar refractivity (Wildman–Crippen MR) is 92.0 cm³/mol. The predicted octanol–water partition coefficient (Wildman–Crippen LogP) is 3.22. The summed E-state index contributed by atoms with van der Waals surface area (Å²) in [6.07, 6.45) is -0.933. The number of anilines is 1. The molecule has 0 saturated heterocycles. The van der Waals surface area contributed by atoms with E-state index in [0.717, 1.165) is 11.1 Å². The van der Waals surface area contributed by atoms with E-state index >= 15 is 0 Å². The highest BCUT2D eigenvalue weighted by molar-refractivity contribution is 5.98. The molecule has 1 aliphatic rings. The molecule has 6 nitrogen and oxygen atoms in total. The van der Waals surface area contributed by atoms with Crippen LogP contribution in [0.5, 0.6) is 11.5 Å². The van der Waals surface area contributed by atoms with Gasteiger partial charge in [0.25, 0.3) is 5.91 Å². The molecule has 1 amide bonds. The van der Waals surface area contributed by atoms with Crippen LogP contribution in [-0.4, -0.2) is 24.8 Å². The maximum absolute atomic E-state index is 12.3. The monoisotopic (exact) mass is 341 g/mol. The number of nitrogens with one attached hydrogen (secondary N) is 1. The van der Waals surface area contributed by atoms with Gasteiger partial charge in [0.2, 0.25) is 6.79 Å². The number of carbonyl (C=O) groups is 2. The standard InChI is InChI=1S/C19H19NO5/c1-11-5-4-6-15(12(11)2)19(22)25-13(3)18(21)20-14-7-8-16-17(9-14)24-10-23-16/h4-9,13H,10H2,1-3H3,(H,20,21)/t13-/m0/s1. The van der Waals surface area contributed by atoms with Crippen molar-refractivity contribution >= 4 is 17.6 Å². The van der Waals surface area contributed by atoms with E-state index < -0.39 is 18.0 Å². The summed E-state index contributed by atoms with van der Waals surface area (Å²) in [7, 11) is 0. The van der Waals surface area contributed by atoms with E-state index in [4.69, 9.17) is 14.2 Å². The van der Waals surface area contributed by atoms with E-state index in [0.29, 0.717) is 22.7 Å². The number of benzene rings is 2. The number of hydrogen-bond donors (Lipinski definition) is 1. The minimum Gasteiger partial charge on any atom is -0.454 e. The molecule has 0 aromatic heterocycles. The van der Waals surface area contributed by atoms with Crippen molar-refractivity contribution < 1.29 is 23.8 Å². The zero-order chi connectivity index (χ0) is 18.0. The largest absolute Gasteiger partial charge is 0.454 e. The van der Waals surface area contributed by atoms with Crippen LogP contribution in [0.25, 0.3) is 0 Å². The Morgan fingerprint density at radius 2 is 1.88 bits per heavy atom. The second-order valence-electron chi connectivity index (χ2n) is 5.85. The fourth-order valence-electron chi connectivity index (χ4n) is 2.47. The first-order valence-electron chi connectivity index (χ1n) is 7.93. The quantitative estimate of drug-likeness (QED) is 0.865. The van der Waals surface area contributed by atoms with Gasteiger partial charge in [0.05, 0.1) is 5.56 Å². The molecule has 2 aromatic rings. The maximum atomic E-state index is 12.3. The lowest BCUT2D eigenvalue weighted by molar-refractivity contribution is -0.123. The zero-order valence-corrected chi connectivity index (χ0v) is 14.3. The van der Waals surface area contributed by atoms with Crippen LogP contribution in [-0.2, 0) is 9.53 Å². The van der Waals surface area contributed by atoms with Crippen molar-refractivity contribution in [3.8, 4) is 11.5 Å². The van der Waals surface area contributed by atoms with Gasteiger partial charge in [-0.3, -0.25) is 4.79 Å². The van der Waals surface area contributed by atoms with Gasteiger partial charge in [-0.1, -0.05) is 12.1 Å². The summed E-state index contributed by atoms with van der Waals surface area (Å²) in [4.78, 5) is 24.6. The fourth-order valence-corrected chi connectivity index (χ4v) is 2.47. The van der Waals surface area contributed by atoms with E-state index in [1.807, 2.05) is 19.9 Å². The molecule has 0 radical (unpaired) electrons. The van der Waals surface area contributed by atoms with Crippen LogP contribution in [0, 0.1) is 13.8 Å². The molecule has 25 heavy (non-hydrogen) atoms. The normalized spacial score (nSPS) is 13.2. The summed E-state index contributed by atoms with van der Waals surface area (Å²) in [5.41, 5.74) is 2.84. The van der Waals surface area contributed by atoms with Crippen LogP contribution >= 0.6 is 0 Å². The molecule has 1 N–H and O–H groups in total. The third kappa shape index (κ3) is 3.57. The number of ether oxygens (including phenoxy) is 3. The number of aryl methyl sites for hydroxylation is 1. The van der Waals surface area contributed by atoms with Crippen LogP contribution in [0.4, 0.5) is 5.69 Å². The molecule has 6 heteroatoms. The Labute approximate surface area is 145 Å². The molecule has 130 valence electrons. The molecule has 0 bridgehead atoms. The molecule has 1 atom stereocenters. The van der Waals surface area contributed by atoms with Crippen LogP contribution < -0.4 is 14.8 Å². The number of amides is 1. The van der Waals surface area contributed by atoms with Gasteiger partial charge in [0.15, 0.2) is 17.6 Å². The van der Waals surface area contributed by atoms with E-state index in [2.05, 4.69) is 5.32 Å². The number of rotatable bonds is 4. The highest BCUT2D eigenvalue weighted by Gasteiger charge is 2.21. The molecule has 1 heterocycles. The van der Waals surface area contributed by atoms with Gasteiger partial charge in [-0.15, -0.1) is 0 Å². The first kappa shape index (κ1) is 16.8. The van der Waals surface area contributed by atoms with Crippen LogP contribution in [0.1, 0.15) is 28.4 Å². The molecular formula is C19H19NO5. The van der Waals surface area contributed by atoms with Crippen molar-refractivity contribution in [2.75, 3.05) is 12.1 Å². The first-order valence-corrected chi connectivity index (χ1v) is 7.93. The van der Waals surface area contributed by atoms with E-state index in [9.17, 15) is 9.59 Å². The smallest absolute Gasteiger partial charge is 0.339 e. The van der Waals surface area contributed by atoms with Crippen molar-refractivity contribution in [1.82, 2.24) is 0 Å². The topological polar surface area (TPSA) is 73.9 Å². The second kappa shape index (κ2) is 6.84. The van der Waals surface area contributed by atoms with Crippen LogP contribution in [0.3, 0.4) is 0 Å². The van der Waals surface area contributed by atoms with Gasteiger partial charge in [0, 0.05) is 11.8 Å². The lowest BCUT2D eigenvalue weighted by atomic mass is 10.0. The third-order valence-corrected chi connectivity index (χ3v) is 4.12. The van der Waals surface area contributed by atoms with Crippen molar-refractivity contribution in [3.63, 3.8) is 0 Å². The zero-order valence-electron chi connectivity index (χ0n) is 14.3. The fraction of sp³-hybridized carbons (Fsp3) is 0.263. The van der Waals surface area contributed by atoms with Gasteiger partial charge in [-0.05, 0) is 50.1 Å². The average molecular weight is 341 g/mol. The Morgan fingerprint density at radius 3 is 2.68 bits per heavy atom. The van der Waals surface area contributed by atoms with E-state index in [1.165, 1.54) is 6.92 Å². The summed E-state index contributed by atoms with van der Waals surface area (Å²) in [6.45, 7) is 5.47. The van der Waals surface area contributed by atoms with E-state index in [-0.39, 0.29) is 6.79 Å². The summed E-state index contributed by atoms with van der Waals surface area (Å²) >= 11 is 0. The van der Waals surface area contributed by atoms with E-state index in [1.54, 1.807) is 30.3 Å². The van der Waals surface area contributed by atoms with Gasteiger partial charge < -0.3 is 19.5 Å². The third-order valence-electron chi connectivity index (χ3n) is 4.12. The lowest BCUT2D eigenvalue weighted by Crippen LogP contribution is -2.30. The molecule has 1 aliphatic heterocycles. The average Bonchev–Trinajstić information content (AvgIpc) is 3.04. The Balaban J connectivity index is 1.64. The van der Waals surface area contributed by atoms with Crippen LogP contribution in [0.15, 0.2) is 36.4 Å². The van der Waals surface area contributed by atoms with Crippen molar-refractivity contribution in [2.24, 2.45) is 0 Å². The lowest BCUT2D eigenvalue weighted by Gasteiger charge is -2.15. The van der Waals surface area contributed by atoms with Gasteiger partial charge in [0.1, 0.15) is 0 Å². The number of hydrogen-bond acceptors (Lipinski definition) is 5. The Morgan fingerprint density at radius 1 is 1.12 bits per heavy atom. The highest BCUT2D eigenvalue weighted by Crippen LogP contribution is 2.34. The summed E-state index contributed by atoms with van der Waals surface area (Å²) in [5, 5.41) is 2.70. The Kier molecular flexibility index (Phi) is 4.61. The number of carbonyl (C=O) groups excluding carboxylic acids is 2. The molecule has 0 fully saturated rings. The highest BCUT2D eigenvalue weighted by atomic mass is 16.7. The molecule has 0 spiro atoms. The Bertz CT molecular complexity index is 831. The molecule has 0 aliphatic carbocycles. The van der Waals surface area contributed by atoms with Crippen LogP contribution in [0.2, 0.25) is 0 Å². The molecule has 2 aromatic carbocycles. The van der Waals surface area contributed by atoms with Gasteiger partial charge in [-0.2, -0.15) is 0 Å². The molecule has 0 unspecified atom stereocenters. The molecule has 0 saturated carbocycles. The molecular weight excluding hydrogens is 322 g/mol. The maximum Gasteiger partial charge on any atom is 0.339 e. The summed E-state index contributed by atoms with van der Waals surface area (Å²) in [6, 6.07) is 10.5. The van der Waals surface area contributed by atoms with Crippen molar-refractivity contribution in [3.05, 3.63) is 53.1 Å². The minimum atomic E-state index is -0.933. The minimum absolute atomic E-state index is 0.163. The molecule has 3 rings (SSSR count). The SMILES string of the molecule is Cc1cccc(C(=O)O[C@@H](C)C(=O)Nc2ccc3c(c2)OCO3)c1C. The van der Waals surface area contributed by atoms with Crippen molar-refractivity contribution in [1.29, 1.82) is 0 Å². The first-order chi connectivity index (χ1) is 12.0. The summed E-state index contributed by atoms with van der Waals surface area (Å²) < 4.78 is 15.8. The van der Waals surface area contributed by atoms with Gasteiger partial charge >= 0.3 is 5.97 Å². The second-order valence-corrected chi connectivity index (χ2v) is 5.85.